The van der Waals surface area contributed by atoms with Crippen molar-refractivity contribution in [3.05, 3.63) is 198 Å². The van der Waals surface area contributed by atoms with Gasteiger partial charge in [-0.3, -0.25) is 4.99 Å². The monoisotopic (exact) mass is 694 g/mol. The van der Waals surface area contributed by atoms with Crippen molar-refractivity contribution in [2.45, 2.75) is 25.9 Å². The van der Waals surface area contributed by atoms with Gasteiger partial charge in [-0.15, -0.1) is 0 Å². The van der Waals surface area contributed by atoms with Gasteiger partial charge in [0.2, 0.25) is 0 Å². The van der Waals surface area contributed by atoms with Gasteiger partial charge in [-0.1, -0.05) is 152 Å². The summed E-state index contributed by atoms with van der Waals surface area (Å²) in [5.74, 6) is 0. The van der Waals surface area contributed by atoms with Crippen LogP contribution in [-0.2, 0) is 0 Å². The highest BCUT2D eigenvalue weighted by atomic mass is 16.3. The number of rotatable bonds is 5. The molecule has 1 unspecified atom stereocenters. The predicted molar refractivity (Wildman–Crippen MR) is 227 cm³/mol. The van der Waals surface area contributed by atoms with Gasteiger partial charge in [0.15, 0.2) is 0 Å². The summed E-state index contributed by atoms with van der Waals surface area (Å²) in [4.78, 5) is 5.65. The number of allylic oxidation sites excluding steroid dienone is 1. The van der Waals surface area contributed by atoms with Crippen LogP contribution in [0.2, 0.25) is 0 Å². The molecule has 0 bridgehead atoms. The quantitative estimate of drug-likeness (QED) is 0.195. The van der Waals surface area contributed by atoms with Crippen molar-refractivity contribution in [2.24, 2.45) is 4.99 Å². The molecule has 0 radical (unpaired) electrons. The average molecular weight is 695 g/mol. The lowest BCUT2D eigenvalue weighted by atomic mass is 9.90. The number of hydrogen-bond donors (Lipinski definition) is 1. The number of benzene rings is 8. The molecule has 0 aliphatic carbocycles. The van der Waals surface area contributed by atoms with Gasteiger partial charge in [0.05, 0.1) is 0 Å². The zero-order valence-corrected chi connectivity index (χ0v) is 30.1. The van der Waals surface area contributed by atoms with Gasteiger partial charge in [-0.25, -0.2) is 0 Å². The Bertz CT molecular complexity index is 2930. The van der Waals surface area contributed by atoms with E-state index in [2.05, 4.69) is 176 Å². The Morgan fingerprint density at radius 2 is 1.11 bits per heavy atom. The molecule has 8 aromatic carbocycles. The van der Waals surface area contributed by atoms with E-state index in [4.69, 9.17) is 9.41 Å². The largest absolute Gasteiger partial charge is 0.456 e. The van der Waals surface area contributed by atoms with Crippen molar-refractivity contribution >= 4 is 54.9 Å². The molecule has 2 heterocycles. The van der Waals surface area contributed by atoms with Crippen molar-refractivity contribution in [1.82, 2.24) is 5.32 Å². The molecule has 0 saturated carbocycles. The number of aliphatic imine (C=N–C) groups is 1. The van der Waals surface area contributed by atoms with E-state index in [1.165, 1.54) is 43.8 Å². The average Bonchev–Trinajstić information content (AvgIpc) is 3.61. The molecular formula is C51H38N2O. The summed E-state index contributed by atoms with van der Waals surface area (Å²) < 4.78 is 6.32. The Morgan fingerprint density at radius 1 is 0.500 bits per heavy atom. The van der Waals surface area contributed by atoms with Crippen LogP contribution in [0.3, 0.4) is 0 Å². The third kappa shape index (κ3) is 5.75. The molecular weight excluding hydrogens is 657 g/mol. The predicted octanol–water partition coefficient (Wildman–Crippen LogP) is 13.5. The molecule has 0 amide bonds. The van der Waals surface area contributed by atoms with E-state index in [-0.39, 0.29) is 6.17 Å². The van der Waals surface area contributed by atoms with Crippen molar-refractivity contribution in [2.75, 3.05) is 0 Å². The maximum atomic E-state index is 6.32. The van der Waals surface area contributed by atoms with Crippen molar-refractivity contribution in [1.29, 1.82) is 0 Å². The molecule has 3 heteroatoms. The lowest BCUT2D eigenvalue weighted by Gasteiger charge is -2.26. The second-order valence-electron chi connectivity index (χ2n) is 14.3. The number of nitrogens with one attached hydrogen (secondary N) is 1. The first-order valence-electron chi connectivity index (χ1n) is 18.8. The van der Waals surface area contributed by atoms with E-state index >= 15 is 0 Å². The van der Waals surface area contributed by atoms with E-state index in [1.807, 2.05) is 12.1 Å². The van der Waals surface area contributed by atoms with E-state index in [0.717, 1.165) is 68.4 Å². The minimum Gasteiger partial charge on any atom is -0.456 e. The van der Waals surface area contributed by atoms with Gasteiger partial charge < -0.3 is 9.73 Å². The summed E-state index contributed by atoms with van der Waals surface area (Å²) >= 11 is 0. The summed E-state index contributed by atoms with van der Waals surface area (Å²) in [7, 11) is 0. The molecule has 10 rings (SSSR count). The van der Waals surface area contributed by atoms with E-state index in [0.29, 0.717) is 0 Å². The van der Waals surface area contributed by atoms with Crippen LogP contribution in [0.1, 0.15) is 42.6 Å². The highest BCUT2D eigenvalue weighted by Gasteiger charge is 2.23. The standard InChI is InChI=1S/C51H38N2O/c1-33-21-30-46(43-16-7-6-15-42(43)44-18-10-20-48-49(44)45-17-8-9-19-47(45)54-48)52-51(41-29-25-35-12-3-5-14-39(35)32-41)53-50(33)37-26-22-36(23-27-37)40-28-24-34-11-2-4-13-38(34)31-40/h2-20,22-29,31-32,51,53H,21,30H2,1H3/b50-33-,52-46?. The van der Waals surface area contributed by atoms with Crippen LogP contribution < -0.4 is 5.32 Å². The molecule has 1 aliphatic heterocycles. The minimum absolute atomic E-state index is 0.298. The molecule has 0 fully saturated rings. The maximum absolute atomic E-state index is 6.32. The van der Waals surface area contributed by atoms with Crippen LogP contribution in [0, 0.1) is 0 Å². The number of nitrogens with zero attached hydrogens (tertiary/aromatic N) is 1. The summed E-state index contributed by atoms with van der Waals surface area (Å²) in [6.07, 6.45) is 1.40. The molecule has 1 N–H and O–H groups in total. The zero-order chi connectivity index (χ0) is 36.0. The van der Waals surface area contributed by atoms with Crippen molar-refractivity contribution in [3.8, 4) is 22.3 Å². The van der Waals surface area contributed by atoms with Gasteiger partial charge in [0, 0.05) is 27.7 Å². The molecule has 1 aromatic heterocycles. The molecule has 9 aromatic rings. The van der Waals surface area contributed by atoms with Crippen LogP contribution in [0.4, 0.5) is 0 Å². The van der Waals surface area contributed by atoms with Crippen LogP contribution in [0.25, 0.3) is 71.4 Å². The highest BCUT2D eigenvalue weighted by Crippen LogP contribution is 2.39. The summed E-state index contributed by atoms with van der Waals surface area (Å²) in [6.45, 7) is 2.27. The first-order valence-corrected chi connectivity index (χ1v) is 18.8. The van der Waals surface area contributed by atoms with E-state index < -0.39 is 0 Å². The fraction of sp³-hybridized carbons (Fsp3) is 0.0784. The number of furan rings is 1. The Labute approximate surface area is 314 Å². The Balaban J connectivity index is 1.07. The molecule has 0 spiro atoms. The smallest absolute Gasteiger partial charge is 0.145 e. The third-order valence-electron chi connectivity index (χ3n) is 11.0. The zero-order valence-electron chi connectivity index (χ0n) is 30.1. The maximum Gasteiger partial charge on any atom is 0.145 e. The lowest BCUT2D eigenvalue weighted by Crippen LogP contribution is -2.23. The Morgan fingerprint density at radius 3 is 1.93 bits per heavy atom. The molecule has 54 heavy (non-hydrogen) atoms. The Kier molecular flexibility index (Phi) is 7.91. The molecule has 1 aliphatic rings. The number of fused-ring (bicyclic) bond motifs is 5. The lowest BCUT2D eigenvalue weighted by molar-refractivity contribution is 0.657. The fourth-order valence-electron chi connectivity index (χ4n) is 8.18. The van der Waals surface area contributed by atoms with E-state index in [9.17, 15) is 0 Å². The minimum atomic E-state index is -0.298. The van der Waals surface area contributed by atoms with Crippen molar-refractivity contribution in [3.63, 3.8) is 0 Å². The highest BCUT2D eigenvalue weighted by molar-refractivity contribution is 6.15. The summed E-state index contributed by atoms with van der Waals surface area (Å²) in [5.41, 5.74) is 13.5. The fourth-order valence-corrected chi connectivity index (χ4v) is 8.18. The Hall–Kier alpha value is -6.71. The molecule has 1 atom stereocenters. The van der Waals surface area contributed by atoms with Crippen LogP contribution >= 0.6 is 0 Å². The normalized spacial score (nSPS) is 16.3. The van der Waals surface area contributed by atoms with Gasteiger partial charge >= 0.3 is 0 Å². The van der Waals surface area contributed by atoms with Gasteiger partial charge in [-0.2, -0.15) is 0 Å². The van der Waals surface area contributed by atoms with Crippen LogP contribution in [0.5, 0.6) is 0 Å². The second-order valence-corrected chi connectivity index (χ2v) is 14.3. The second kappa shape index (κ2) is 13.4. The first-order chi connectivity index (χ1) is 26.7. The number of hydrogen-bond acceptors (Lipinski definition) is 3. The van der Waals surface area contributed by atoms with Gasteiger partial charge in [-0.05, 0) is 105 Å². The first kappa shape index (κ1) is 32.0. The van der Waals surface area contributed by atoms with E-state index in [1.54, 1.807) is 0 Å². The van der Waals surface area contributed by atoms with Crippen molar-refractivity contribution < 1.29 is 4.42 Å². The van der Waals surface area contributed by atoms with Gasteiger partial charge in [0.1, 0.15) is 17.3 Å². The third-order valence-corrected chi connectivity index (χ3v) is 11.0. The molecule has 0 saturated heterocycles. The number of para-hydroxylation sites is 1. The van der Waals surface area contributed by atoms with Gasteiger partial charge in [0.25, 0.3) is 0 Å². The summed E-state index contributed by atoms with van der Waals surface area (Å²) in [5, 5.41) is 11.2. The van der Waals surface area contributed by atoms with Crippen LogP contribution in [-0.4, -0.2) is 5.71 Å². The SMILES string of the molecule is C/C1=C(\c2ccc(-c3ccc4ccccc4c3)cc2)NC(c2ccc3ccccc3c2)N=C(c2ccccc2-c2cccc3oc4ccccc4c23)CC1. The molecule has 3 nitrogen and oxygen atoms in total. The summed E-state index contributed by atoms with van der Waals surface area (Å²) in [6, 6.07) is 63.0. The molecule has 258 valence electrons. The van der Waals surface area contributed by atoms with Crippen LogP contribution in [0.15, 0.2) is 191 Å². The topological polar surface area (TPSA) is 37.5 Å².